The fraction of sp³-hybridized carbons (Fsp3) is 1.00. The Bertz CT molecular complexity index is 180. The monoisotopic (exact) mass is 245 g/mol. The number of aliphatic hydroxyl groups excluding tert-OH is 1. The average molecular weight is 245 g/mol. The van der Waals surface area contributed by atoms with Gasteiger partial charge in [0.2, 0.25) is 0 Å². The molecule has 0 spiro atoms. The molecule has 0 bridgehead atoms. The van der Waals surface area contributed by atoms with E-state index in [4.69, 9.17) is 14.6 Å². The molecule has 1 saturated heterocycles. The Labute approximate surface area is 105 Å². The predicted molar refractivity (Wildman–Crippen MR) is 68.2 cm³/mol. The van der Waals surface area contributed by atoms with Crippen LogP contribution in [0, 0.1) is 5.92 Å². The summed E-state index contributed by atoms with van der Waals surface area (Å²) in [6.07, 6.45) is 2.71. The highest BCUT2D eigenvalue weighted by atomic mass is 16.5. The predicted octanol–water partition coefficient (Wildman–Crippen LogP) is 1.13. The second-order valence-corrected chi connectivity index (χ2v) is 5.10. The maximum Gasteiger partial charge on any atom is 0.0698 e. The summed E-state index contributed by atoms with van der Waals surface area (Å²) >= 11 is 0. The molecular weight excluding hydrogens is 218 g/mol. The van der Waals surface area contributed by atoms with Crippen LogP contribution < -0.4 is 0 Å². The summed E-state index contributed by atoms with van der Waals surface area (Å²) < 4.78 is 11.1. The SMILES string of the molecule is CC(C)COC1CCN(CCOCCO)CC1. The highest BCUT2D eigenvalue weighted by Crippen LogP contribution is 2.14. The number of aliphatic hydroxyl groups is 1. The van der Waals surface area contributed by atoms with Gasteiger partial charge in [-0.25, -0.2) is 0 Å². The zero-order valence-corrected chi connectivity index (χ0v) is 11.2. The Balaban J connectivity index is 2.01. The summed E-state index contributed by atoms with van der Waals surface area (Å²) in [7, 11) is 0. The van der Waals surface area contributed by atoms with Gasteiger partial charge in [0, 0.05) is 26.2 Å². The minimum absolute atomic E-state index is 0.116. The van der Waals surface area contributed by atoms with Crippen molar-refractivity contribution in [3.63, 3.8) is 0 Å². The van der Waals surface area contributed by atoms with E-state index in [9.17, 15) is 0 Å². The Morgan fingerprint density at radius 1 is 1.24 bits per heavy atom. The molecule has 1 heterocycles. The maximum absolute atomic E-state index is 8.59. The smallest absolute Gasteiger partial charge is 0.0698 e. The van der Waals surface area contributed by atoms with Gasteiger partial charge in [0.05, 0.1) is 25.9 Å². The molecule has 0 saturated carbocycles. The van der Waals surface area contributed by atoms with Gasteiger partial charge in [-0.3, -0.25) is 0 Å². The second-order valence-electron chi connectivity index (χ2n) is 5.10. The zero-order chi connectivity index (χ0) is 12.5. The van der Waals surface area contributed by atoms with Crippen LogP contribution in [0.5, 0.6) is 0 Å². The lowest BCUT2D eigenvalue weighted by Crippen LogP contribution is -2.39. The number of hydrogen-bond donors (Lipinski definition) is 1. The fourth-order valence-corrected chi connectivity index (χ4v) is 1.99. The number of hydrogen-bond acceptors (Lipinski definition) is 4. The molecule has 4 nitrogen and oxygen atoms in total. The van der Waals surface area contributed by atoms with Gasteiger partial charge in [0.25, 0.3) is 0 Å². The van der Waals surface area contributed by atoms with Crippen molar-refractivity contribution in [2.24, 2.45) is 5.92 Å². The molecule has 102 valence electrons. The first-order valence-electron chi connectivity index (χ1n) is 6.75. The highest BCUT2D eigenvalue weighted by molar-refractivity contribution is 4.72. The highest BCUT2D eigenvalue weighted by Gasteiger charge is 2.19. The van der Waals surface area contributed by atoms with Crippen LogP contribution in [0.4, 0.5) is 0 Å². The van der Waals surface area contributed by atoms with Gasteiger partial charge < -0.3 is 19.5 Å². The zero-order valence-electron chi connectivity index (χ0n) is 11.2. The first kappa shape index (κ1) is 14.9. The van der Waals surface area contributed by atoms with E-state index < -0.39 is 0 Å². The molecule has 1 aliphatic heterocycles. The van der Waals surface area contributed by atoms with Crippen LogP contribution in [0.25, 0.3) is 0 Å². The number of ether oxygens (including phenoxy) is 2. The first-order valence-corrected chi connectivity index (χ1v) is 6.75. The fourth-order valence-electron chi connectivity index (χ4n) is 1.99. The van der Waals surface area contributed by atoms with Crippen molar-refractivity contribution in [1.29, 1.82) is 0 Å². The normalized spacial score (nSPS) is 19.1. The summed E-state index contributed by atoms with van der Waals surface area (Å²) in [5, 5.41) is 8.59. The van der Waals surface area contributed by atoms with E-state index in [0.717, 1.165) is 45.7 Å². The molecule has 0 aromatic carbocycles. The summed E-state index contributed by atoms with van der Waals surface area (Å²) in [6.45, 7) is 9.72. The topological polar surface area (TPSA) is 41.9 Å². The van der Waals surface area contributed by atoms with Crippen molar-refractivity contribution >= 4 is 0 Å². The van der Waals surface area contributed by atoms with Crippen molar-refractivity contribution in [2.75, 3.05) is 46.1 Å². The van der Waals surface area contributed by atoms with E-state index in [-0.39, 0.29) is 6.61 Å². The van der Waals surface area contributed by atoms with Crippen LogP contribution in [0.15, 0.2) is 0 Å². The molecule has 0 aliphatic carbocycles. The molecular formula is C13H27NO3. The van der Waals surface area contributed by atoms with Crippen molar-refractivity contribution in [2.45, 2.75) is 32.8 Å². The van der Waals surface area contributed by atoms with E-state index in [0.29, 0.717) is 18.6 Å². The largest absolute Gasteiger partial charge is 0.394 e. The van der Waals surface area contributed by atoms with Gasteiger partial charge in [-0.1, -0.05) is 13.8 Å². The number of likely N-dealkylation sites (tertiary alicyclic amines) is 1. The molecule has 1 N–H and O–H groups in total. The van der Waals surface area contributed by atoms with Gasteiger partial charge in [-0.05, 0) is 18.8 Å². The Kier molecular flexibility index (Phi) is 7.77. The quantitative estimate of drug-likeness (QED) is 0.651. The van der Waals surface area contributed by atoms with E-state index in [1.165, 1.54) is 0 Å². The summed E-state index contributed by atoms with van der Waals surface area (Å²) in [4.78, 5) is 2.41. The third kappa shape index (κ3) is 6.99. The van der Waals surface area contributed by atoms with Crippen LogP contribution in [0.1, 0.15) is 26.7 Å². The minimum Gasteiger partial charge on any atom is -0.394 e. The molecule has 0 unspecified atom stereocenters. The van der Waals surface area contributed by atoms with E-state index >= 15 is 0 Å². The van der Waals surface area contributed by atoms with Crippen LogP contribution in [0.3, 0.4) is 0 Å². The van der Waals surface area contributed by atoms with Crippen LogP contribution in [-0.2, 0) is 9.47 Å². The number of rotatable bonds is 8. The Hall–Kier alpha value is -0.160. The minimum atomic E-state index is 0.116. The molecule has 1 aliphatic rings. The summed E-state index contributed by atoms with van der Waals surface area (Å²) in [5.41, 5.74) is 0. The molecule has 1 fully saturated rings. The molecule has 4 heteroatoms. The molecule has 0 amide bonds. The van der Waals surface area contributed by atoms with Gasteiger partial charge in [-0.2, -0.15) is 0 Å². The number of piperidine rings is 1. The van der Waals surface area contributed by atoms with Gasteiger partial charge in [-0.15, -0.1) is 0 Å². The second kappa shape index (κ2) is 8.86. The van der Waals surface area contributed by atoms with Crippen molar-refractivity contribution in [3.05, 3.63) is 0 Å². The summed E-state index contributed by atoms with van der Waals surface area (Å²) in [6, 6.07) is 0. The first-order chi connectivity index (χ1) is 8.22. The van der Waals surface area contributed by atoms with Crippen LogP contribution >= 0.6 is 0 Å². The van der Waals surface area contributed by atoms with Crippen LogP contribution in [-0.4, -0.2) is 62.2 Å². The standard InChI is InChI=1S/C13H27NO3/c1-12(2)11-17-13-3-5-14(6-4-13)7-9-16-10-8-15/h12-13,15H,3-11H2,1-2H3. The van der Waals surface area contributed by atoms with Crippen molar-refractivity contribution in [1.82, 2.24) is 4.90 Å². The lowest BCUT2D eigenvalue weighted by atomic mass is 10.1. The third-order valence-corrected chi connectivity index (χ3v) is 2.99. The molecule has 17 heavy (non-hydrogen) atoms. The Morgan fingerprint density at radius 2 is 1.94 bits per heavy atom. The summed E-state index contributed by atoms with van der Waals surface area (Å²) in [5.74, 6) is 0.625. The Morgan fingerprint density at radius 3 is 2.53 bits per heavy atom. The molecule has 0 aromatic heterocycles. The maximum atomic E-state index is 8.59. The van der Waals surface area contributed by atoms with Crippen molar-refractivity contribution in [3.8, 4) is 0 Å². The van der Waals surface area contributed by atoms with Crippen molar-refractivity contribution < 1.29 is 14.6 Å². The molecule has 0 atom stereocenters. The van der Waals surface area contributed by atoms with Gasteiger partial charge >= 0.3 is 0 Å². The number of nitrogens with zero attached hydrogens (tertiary/aromatic N) is 1. The molecule has 0 radical (unpaired) electrons. The van der Waals surface area contributed by atoms with Gasteiger partial charge in [0.1, 0.15) is 0 Å². The van der Waals surface area contributed by atoms with E-state index in [1.54, 1.807) is 0 Å². The average Bonchev–Trinajstić information content (AvgIpc) is 2.33. The molecule has 0 aromatic rings. The van der Waals surface area contributed by atoms with E-state index in [1.807, 2.05) is 0 Å². The van der Waals surface area contributed by atoms with Crippen LogP contribution in [0.2, 0.25) is 0 Å². The van der Waals surface area contributed by atoms with E-state index in [2.05, 4.69) is 18.7 Å². The third-order valence-electron chi connectivity index (χ3n) is 2.99. The van der Waals surface area contributed by atoms with Gasteiger partial charge in [0.15, 0.2) is 0 Å². The molecule has 1 rings (SSSR count). The lowest BCUT2D eigenvalue weighted by molar-refractivity contribution is -0.0106. The lowest BCUT2D eigenvalue weighted by Gasteiger charge is -2.32.